The number of guanidine groups is 1. The van der Waals surface area contributed by atoms with Crippen LogP contribution in [0, 0.1) is 18.7 Å². The van der Waals surface area contributed by atoms with Crippen molar-refractivity contribution in [3.05, 3.63) is 35.1 Å². The van der Waals surface area contributed by atoms with Gasteiger partial charge in [-0.2, -0.15) is 0 Å². The van der Waals surface area contributed by atoms with E-state index in [0.29, 0.717) is 18.0 Å². The van der Waals surface area contributed by atoms with Gasteiger partial charge in [-0.15, -0.1) is 0 Å². The molecule has 1 aromatic carbocycles. The highest BCUT2D eigenvalue weighted by molar-refractivity contribution is 5.79. The molecule has 0 aliphatic heterocycles. The summed E-state index contributed by atoms with van der Waals surface area (Å²) in [5.41, 5.74) is 1.58. The van der Waals surface area contributed by atoms with E-state index in [0.717, 1.165) is 24.5 Å². The molecule has 106 valence electrons. The van der Waals surface area contributed by atoms with E-state index in [1.165, 1.54) is 0 Å². The molecule has 0 saturated carbocycles. The third-order valence-electron chi connectivity index (χ3n) is 2.93. The highest BCUT2D eigenvalue weighted by Gasteiger charge is 2.02. The van der Waals surface area contributed by atoms with Crippen LogP contribution >= 0.6 is 0 Å². The molecule has 0 heterocycles. The van der Waals surface area contributed by atoms with Gasteiger partial charge in [-0.3, -0.25) is 4.99 Å². The largest absolute Gasteiger partial charge is 0.356 e. The molecule has 0 aliphatic carbocycles. The molecule has 3 nitrogen and oxygen atoms in total. The number of halogens is 1. The topological polar surface area (TPSA) is 36.4 Å². The quantitative estimate of drug-likeness (QED) is 0.634. The average molecular weight is 265 g/mol. The van der Waals surface area contributed by atoms with Crippen molar-refractivity contribution in [2.75, 3.05) is 13.6 Å². The molecule has 4 heteroatoms. The van der Waals surface area contributed by atoms with Crippen molar-refractivity contribution in [1.29, 1.82) is 0 Å². The standard InChI is InChI=1S/C15H24FN3/c1-11(2)7-8-18-15(17-4)19-10-13-6-5-12(3)14(16)9-13/h5-6,9,11H,7-8,10H2,1-4H3,(H2,17,18,19). The van der Waals surface area contributed by atoms with Gasteiger partial charge in [0.25, 0.3) is 0 Å². The van der Waals surface area contributed by atoms with Crippen LogP contribution in [-0.4, -0.2) is 19.6 Å². The van der Waals surface area contributed by atoms with Gasteiger partial charge in [0, 0.05) is 20.1 Å². The maximum Gasteiger partial charge on any atom is 0.191 e. The fraction of sp³-hybridized carbons (Fsp3) is 0.533. The summed E-state index contributed by atoms with van der Waals surface area (Å²) in [7, 11) is 1.74. The second-order valence-corrected chi connectivity index (χ2v) is 5.12. The molecule has 1 aromatic rings. The van der Waals surface area contributed by atoms with Crippen LogP contribution in [0.2, 0.25) is 0 Å². The van der Waals surface area contributed by atoms with Crippen LogP contribution in [0.4, 0.5) is 4.39 Å². The Hall–Kier alpha value is -1.58. The Balaban J connectivity index is 2.42. The first-order valence-corrected chi connectivity index (χ1v) is 6.72. The molecular weight excluding hydrogens is 241 g/mol. The number of rotatable bonds is 5. The molecule has 0 fully saturated rings. The molecule has 0 aliphatic rings. The van der Waals surface area contributed by atoms with E-state index >= 15 is 0 Å². The summed E-state index contributed by atoms with van der Waals surface area (Å²) in [6, 6.07) is 5.28. The van der Waals surface area contributed by atoms with Gasteiger partial charge in [0.15, 0.2) is 5.96 Å². The van der Waals surface area contributed by atoms with Gasteiger partial charge < -0.3 is 10.6 Å². The predicted molar refractivity (Wildman–Crippen MR) is 78.8 cm³/mol. The van der Waals surface area contributed by atoms with Crippen molar-refractivity contribution in [2.45, 2.75) is 33.7 Å². The Morgan fingerprint density at radius 3 is 2.63 bits per heavy atom. The Morgan fingerprint density at radius 1 is 1.32 bits per heavy atom. The molecule has 0 radical (unpaired) electrons. The van der Waals surface area contributed by atoms with Crippen molar-refractivity contribution in [3.8, 4) is 0 Å². The van der Waals surface area contributed by atoms with E-state index in [1.807, 2.05) is 6.07 Å². The van der Waals surface area contributed by atoms with Crippen LogP contribution in [0.3, 0.4) is 0 Å². The summed E-state index contributed by atoms with van der Waals surface area (Å²) in [6.07, 6.45) is 1.10. The van der Waals surface area contributed by atoms with Crippen molar-refractivity contribution in [1.82, 2.24) is 10.6 Å². The van der Waals surface area contributed by atoms with Crippen LogP contribution in [0.1, 0.15) is 31.4 Å². The molecule has 0 spiro atoms. The summed E-state index contributed by atoms with van der Waals surface area (Å²) in [6.45, 7) is 7.59. The van der Waals surface area contributed by atoms with Gasteiger partial charge >= 0.3 is 0 Å². The Kier molecular flexibility index (Phi) is 6.33. The smallest absolute Gasteiger partial charge is 0.191 e. The molecule has 19 heavy (non-hydrogen) atoms. The second-order valence-electron chi connectivity index (χ2n) is 5.12. The van der Waals surface area contributed by atoms with Crippen LogP contribution in [0.5, 0.6) is 0 Å². The van der Waals surface area contributed by atoms with Gasteiger partial charge in [0.2, 0.25) is 0 Å². The molecule has 0 amide bonds. The monoisotopic (exact) mass is 265 g/mol. The van der Waals surface area contributed by atoms with E-state index in [4.69, 9.17) is 0 Å². The number of aryl methyl sites for hydroxylation is 1. The summed E-state index contributed by atoms with van der Waals surface area (Å²) in [5.74, 6) is 1.25. The zero-order valence-electron chi connectivity index (χ0n) is 12.3. The van der Waals surface area contributed by atoms with E-state index in [9.17, 15) is 4.39 Å². The van der Waals surface area contributed by atoms with Gasteiger partial charge in [-0.25, -0.2) is 4.39 Å². The van der Waals surface area contributed by atoms with Crippen molar-refractivity contribution < 1.29 is 4.39 Å². The Bertz CT molecular complexity index is 427. The number of hydrogen-bond donors (Lipinski definition) is 2. The molecule has 0 bridgehead atoms. The normalized spacial score (nSPS) is 11.8. The number of nitrogens with one attached hydrogen (secondary N) is 2. The summed E-state index contributed by atoms with van der Waals surface area (Å²) < 4.78 is 13.4. The second kappa shape index (κ2) is 7.77. The summed E-state index contributed by atoms with van der Waals surface area (Å²) in [4.78, 5) is 4.14. The van der Waals surface area contributed by atoms with Gasteiger partial charge in [0.1, 0.15) is 5.82 Å². The van der Waals surface area contributed by atoms with E-state index in [-0.39, 0.29) is 5.82 Å². The first-order valence-electron chi connectivity index (χ1n) is 6.72. The maximum absolute atomic E-state index is 13.4. The molecule has 2 N–H and O–H groups in total. The number of aliphatic imine (C=N–C) groups is 1. The lowest BCUT2D eigenvalue weighted by molar-refractivity contribution is 0.573. The molecule has 0 unspecified atom stereocenters. The Labute approximate surface area is 115 Å². The molecule has 0 atom stereocenters. The van der Waals surface area contributed by atoms with E-state index in [1.54, 1.807) is 26.1 Å². The van der Waals surface area contributed by atoms with Crippen LogP contribution in [0.25, 0.3) is 0 Å². The number of benzene rings is 1. The minimum Gasteiger partial charge on any atom is -0.356 e. The minimum atomic E-state index is -0.165. The van der Waals surface area contributed by atoms with Crippen molar-refractivity contribution in [2.24, 2.45) is 10.9 Å². The molecule has 0 aromatic heterocycles. The van der Waals surface area contributed by atoms with Gasteiger partial charge in [-0.1, -0.05) is 26.0 Å². The van der Waals surface area contributed by atoms with Crippen LogP contribution in [0.15, 0.2) is 23.2 Å². The minimum absolute atomic E-state index is 0.165. The fourth-order valence-electron chi connectivity index (χ4n) is 1.63. The molecular formula is C15H24FN3. The molecule has 1 rings (SSSR count). The van der Waals surface area contributed by atoms with Crippen molar-refractivity contribution in [3.63, 3.8) is 0 Å². The fourth-order valence-corrected chi connectivity index (χ4v) is 1.63. The SMILES string of the molecule is CN=C(NCCC(C)C)NCc1ccc(C)c(F)c1. The highest BCUT2D eigenvalue weighted by atomic mass is 19.1. The summed E-state index contributed by atoms with van der Waals surface area (Å²) >= 11 is 0. The molecule has 0 saturated heterocycles. The first kappa shape index (κ1) is 15.5. The third kappa shape index (κ3) is 5.73. The maximum atomic E-state index is 13.4. The third-order valence-corrected chi connectivity index (χ3v) is 2.93. The van der Waals surface area contributed by atoms with Crippen LogP contribution < -0.4 is 10.6 Å². The lowest BCUT2D eigenvalue weighted by atomic mass is 10.1. The predicted octanol–water partition coefficient (Wildman–Crippen LogP) is 2.85. The van der Waals surface area contributed by atoms with Gasteiger partial charge in [-0.05, 0) is 36.5 Å². The lowest BCUT2D eigenvalue weighted by Gasteiger charge is -2.13. The lowest BCUT2D eigenvalue weighted by Crippen LogP contribution is -2.37. The number of nitrogens with zero attached hydrogens (tertiary/aromatic N) is 1. The number of hydrogen-bond acceptors (Lipinski definition) is 1. The van der Waals surface area contributed by atoms with E-state index in [2.05, 4.69) is 29.5 Å². The van der Waals surface area contributed by atoms with Crippen LogP contribution in [-0.2, 0) is 6.54 Å². The average Bonchev–Trinajstić information content (AvgIpc) is 2.37. The van der Waals surface area contributed by atoms with E-state index < -0.39 is 0 Å². The highest BCUT2D eigenvalue weighted by Crippen LogP contribution is 2.08. The van der Waals surface area contributed by atoms with Gasteiger partial charge in [0.05, 0.1) is 0 Å². The zero-order valence-corrected chi connectivity index (χ0v) is 12.3. The van der Waals surface area contributed by atoms with Crippen molar-refractivity contribution >= 4 is 5.96 Å². The first-order chi connectivity index (χ1) is 9.02. The zero-order chi connectivity index (χ0) is 14.3. The summed E-state index contributed by atoms with van der Waals surface area (Å²) in [5, 5.41) is 6.42. The Morgan fingerprint density at radius 2 is 2.05 bits per heavy atom.